The highest BCUT2D eigenvalue weighted by Gasteiger charge is 2.34. The van der Waals surface area contributed by atoms with Crippen LogP contribution in [-0.2, 0) is 22.7 Å². The molecule has 2 aromatic carbocycles. The summed E-state index contributed by atoms with van der Waals surface area (Å²) in [6.07, 6.45) is 3.20. The standard InChI is InChI=1S/C22H20F2N4O2/c23-18-6-3-4-15(8-18)11-27-12-17(9-21(27)29)22(30)26-19-10-25-28(14-19)13-16-5-1-2-7-20(16)24/h1-8,10,14,17H,9,11-13H2,(H,26,30). The highest BCUT2D eigenvalue weighted by Crippen LogP contribution is 2.22. The molecule has 2 heterocycles. The molecule has 0 bridgehead atoms. The maximum absolute atomic E-state index is 13.8. The van der Waals surface area contributed by atoms with Crippen LogP contribution in [0.1, 0.15) is 17.5 Å². The molecule has 4 rings (SSSR count). The average Bonchev–Trinajstić information content (AvgIpc) is 3.30. The van der Waals surface area contributed by atoms with Gasteiger partial charge in [-0.15, -0.1) is 0 Å². The Morgan fingerprint density at radius 2 is 1.97 bits per heavy atom. The van der Waals surface area contributed by atoms with Crippen LogP contribution in [0, 0.1) is 17.6 Å². The Bertz CT molecular complexity index is 1080. The third kappa shape index (κ3) is 4.53. The van der Waals surface area contributed by atoms with Crippen molar-refractivity contribution in [1.29, 1.82) is 0 Å². The largest absolute Gasteiger partial charge is 0.338 e. The second kappa shape index (κ2) is 8.44. The van der Waals surface area contributed by atoms with E-state index in [-0.39, 0.29) is 49.5 Å². The highest BCUT2D eigenvalue weighted by molar-refractivity contribution is 5.97. The van der Waals surface area contributed by atoms with Crippen molar-refractivity contribution in [1.82, 2.24) is 14.7 Å². The van der Waals surface area contributed by atoms with Crippen molar-refractivity contribution in [3.63, 3.8) is 0 Å². The van der Waals surface area contributed by atoms with Crippen LogP contribution < -0.4 is 5.32 Å². The fourth-order valence-electron chi connectivity index (χ4n) is 3.52. The molecule has 1 aliphatic heterocycles. The Labute approximate surface area is 172 Å². The van der Waals surface area contributed by atoms with Crippen LogP contribution in [0.5, 0.6) is 0 Å². The number of hydrogen-bond acceptors (Lipinski definition) is 3. The van der Waals surface area contributed by atoms with Gasteiger partial charge in [-0.25, -0.2) is 8.78 Å². The van der Waals surface area contributed by atoms with Crippen molar-refractivity contribution in [2.75, 3.05) is 11.9 Å². The van der Waals surface area contributed by atoms with Crippen molar-refractivity contribution in [3.8, 4) is 0 Å². The van der Waals surface area contributed by atoms with Gasteiger partial charge in [0.25, 0.3) is 0 Å². The minimum Gasteiger partial charge on any atom is -0.338 e. The lowest BCUT2D eigenvalue weighted by Crippen LogP contribution is -2.28. The first-order valence-electron chi connectivity index (χ1n) is 9.57. The Balaban J connectivity index is 1.35. The summed E-state index contributed by atoms with van der Waals surface area (Å²) < 4.78 is 28.7. The molecule has 1 aliphatic rings. The quantitative estimate of drug-likeness (QED) is 0.679. The number of carbonyl (C=O) groups excluding carboxylic acids is 2. The van der Waals surface area contributed by atoms with Crippen LogP contribution in [-0.4, -0.2) is 33.0 Å². The second-order valence-electron chi connectivity index (χ2n) is 7.31. The number of nitrogens with one attached hydrogen (secondary N) is 1. The molecule has 1 N–H and O–H groups in total. The molecule has 1 fully saturated rings. The number of likely N-dealkylation sites (tertiary alicyclic amines) is 1. The molecule has 1 saturated heterocycles. The summed E-state index contributed by atoms with van der Waals surface area (Å²) in [5, 5.41) is 6.91. The van der Waals surface area contributed by atoms with E-state index in [2.05, 4.69) is 10.4 Å². The Hall–Kier alpha value is -3.55. The molecule has 6 nitrogen and oxygen atoms in total. The van der Waals surface area contributed by atoms with Crippen LogP contribution in [0.4, 0.5) is 14.5 Å². The zero-order valence-electron chi connectivity index (χ0n) is 16.1. The first kappa shape index (κ1) is 19.8. The molecule has 8 heteroatoms. The molecule has 30 heavy (non-hydrogen) atoms. The van der Waals surface area contributed by atoms with Gasteiger partial charge in [-0.2, -0.15) is 5.10 Å². The van der Waals surface area contributed by atoms with Crippen LogP contribution in [0.25, 0.3) is 0 Å². The van der Waals surface area contributed by atoms with Gasteiger partial charge in [0.15, 0.2) is 0 Å². The Kier molecular flexibility index (Phi) is 5.56. The lowest BCUT2D eigenvalue weighted by atomic mass is 10.1. The van der Waals surface area contributed by atoms with Crippen LogP contribution >= 0.6 is 0 Å². The van der Waals surface area contributed by atoms with Crippen molar-refractivity contribution in [3.05, 3.63) is 83.7 Å². The minimum absolute atomic E-state index is 0.102. The van der Waals surface area contributed by atoms with E-state index in [1.807, 2.05) is 0 Å². The number of halogens is 2. The van der Waals surface area contributed by atoms with E-state index < -0.39 is 5.92 Å². The van der Waals surface area contributed by atoms with Crippen molar-refractivity contribution < 1.29 is 18.4 Å². The number of hydrogen-bond donors (Lipinski definition) is 1. The molecule has 1 atom stereocenters. The van der Waals surface area contributed by atoms with Gasteiger partial charge in [0.1, 0.15) is 11.6 Å². The van der Waals surface area contributed by atoms with E-state index in [0.29, 0.717) is 16.8 Å². The topological polar surface area (TPSA) is 67.2 Å². The normalized spacial score (nSPS) is 16.1. The molecule has 3 aromatic rings. The summed E-state index contributed by atoms with van der Waals surface area (Å²) >= 11 is 0. The second-order valence-corrected chi connectivity index (χ2v) is 7.31. The van der Waals surface area contributed by atoms with E-state index in [1.54, 1.807) is 41.4 Å². The van der Waals surface area contributed by atoms with Crippen molar-refractivity contribution in [2.45, 2.75) is 19.5 Å². The van der Waals surface area contributed by atoms with Crippen LogP contribution in [0.2, 0.25) is 0 Å². The third-order valence-electron chi connectivity index (χ3n) is 5.04. The minimum atomic E-state index is -0.499. The predicted molar refractivity (Wildman–Crippen MR) is 106 cm³/mol. The van der Waals surface area contributed by atoms with Gasteiger partial charge in [-0.1, -0.05) is 30.3 Å². The SMILES string of the molecule is O=C(Nc1cnn(Cc2ccccc2F)c1)C1CC(=O)N(Cc2cccc(F)c2)C1. The Morgan fingerprint density at radius 1 is 1.13 bits per heavy atom. The number of anilines is 1. The molecular formula is C22H20F2N4O2. The summed E-state index contributed by atoms with van der Waals surface area (Å²) in [7, 11) is 0. The molecule has 0 radical (unpaired) electrons. The average molecular weight is 410 g/mol. The maximum atomic E-state index is 13.8. The number of carbonyl (C=O) groups is 2. The van der Waals surface area contributed by atoms with E-state index >= 15 is 0 Å². The van der Waals surface area contributed by atoms with Gasteiger partial charge in [0.05, 0.1) is 24.3 Å². The molecular weight excluding hydrogens is 390 g/mol. The number of benzene rings is 2. The first-order valence-corrected chi connectivity index (χ1v) is 9.57. The zero-order valence-corrected chi connectivity index (χ0v) is 16.1. The van der Waals surface area contributed by atoms with Crippen LogP contribution in [0.3, 0.4) is 0 Å². The molecule has 0 saturated carbocycles. The molecule has 2 amide bonds. The summed E-state index contributed by atoms with van der Waals surface area (Å²) in [6.45, 7) is 0.775. The van der Waals surface area contributed by atoms with E-state index in [9.17, 15) is 18.4 Å². The van der Waals surface area contributed by atoms with Gasteiger partial charge in [-0.05, 0) is 23.8 Å². The zero-order chi connectivity index (χ0) is 21.1. The van der Waals surface area contributed by atoms with Crippen molar-refractivity contribution >= 4 is 17.5 Å². The fourth-order valence-corrected chi connectivity index (χ4v) is 3.52. The van der Waals surface area contributed by atoms with Gasteiger partial charge >= 0.3 is 0 Å². The number of rotatable bonds is 6. The number of aromatic nitrogens is 2. The van der Waals surface area contributed by atoms with Crippen LogP contribution in [0.15, 0.2) is 60.9 Å². The van der Waals surface area contributed by atoms with Gasteiger partial charge in [-0.3, -0.25) is 14.3 Å². The van der Waals surface area contributed by atoms with E-state index in [0.717, 1.165) is 0 Å². The maximum Gasteiger partial charge on any atom is 0.229 e. The molecule has 0 spiro atoms. The smallest absolute Gasteiger partial charge is 0.229 e. The number of amides is 2. The predicted octanol–water partition coefficient (Wildman–Crippen LogP) is 3.20. The van der Waals surface area contributed by atoms with Gasteiger partial charge in [0, 0.05) is 31.3 Å². The summed E-state index contributed by atoms with van der Waals surface area (Å²) in [4.78, 5) is 26.4. The molecule has 1 aromatic heterocycles. The monoisotopic (exact) mass is 410 g/mol. The summed E-state index contributed by atoms with van der Waals surface area (Å²) in [5.74, 6) is -1.60. The van der Waals surface area contributed by atoms with E-state index in [4.69, 9.17) is 0 Å². The van der Waals surface area contributed by atoms with Gasteiger partial charge in [0.2, 0.25) is 11.8 Å². The molecule has 1 unspecified atom stereocenters. The third-order valence-corrected chi connectivity index (χ3v) is 5.04. The highest BCUT2D eigenvalue weighted by atomic mass is 19.1. The Morgan fingerprint density at radius 3 is 2.77 bits per heavy atom. The van der Waals surface area contributed by atoms with E-state index in [1.165, 1.54) is 29.1 Å². The molecule has 154 valence electrons. The lowest BCUT2D eigenvalue weighted by Gasteiger charge is -2.16. The molecule has 0 aliphatic carbocycles. The van der Waals surface area contributed by atoms with Crippen molar-refractivity contribution in [2.24, 2.45) is 5.92 Å². The first-order chi connectivity index (χ1) is 14.5. The lowest BCUT2D eigenvalue weighted by molar-refractivity contribution is -0.128. The summed E-state index contributed by atoms with van der Waals surface area (Å²) in [6, 6.07) is 12.5. The van der Waals surface area contributed by atoms with Gasteiger partial charge < -0.3 is 10.2 Å². The fraction of sp³-hybridized carbons (Fsp3) is 0.227. The number of nitrogens with zero attached hydrogens (tertiary/aromatic N) is 3. The summed E-state index contributed by atoms with van der Waals surface area (Å²) in [5.41, 5.74) is 1.65.